The van der Waals surface area contributed by atoms with E-state index in [1.54, 1.807) is 4.90 Å². The first-order chi connectivity index (χ1) is 12.6. The van der Waals surface area contributed by atoms with Gasteiger partial charge in [0.1, 0.15) is 0 Å². The van der Waals surface area contributed by atoms with Gasteiger partial charge >= 0.3 is 0 Å². The summed E-state index contributed by atoms with van der Waals surface area (Å²) in [7, 11) is 0. The van der Waals surface area contributed by atoms with Crippen molar-refractivity contribution in [2.75, 3.05) is 45.9 Å². The Morgan fingerprint density at radius 3 is 2.81 bits per heavy atom. The standard InChI is InChI=1S/C20H29N3O3/c1-16-4-2-5-17(14-16)20(25)23(15-18-6-3-13-26-18)10-7-19(24)22-11-8-21-9-12-22/h2,4-5,14,18,21H,3,6-13,15H2,1H3. The number of ether oxygens (including phenoxy) is 1. The van der Waals surface area contributed by atoms with E-state index in [4.69, 9.17) is 4.74 Å². The van der Waals surface area contributed by atoms with Gasteiger partial charge in [0.15, 0.2) is 0 Å². The van der Waals surface area contributed by atoms with Crippen LogP contribution in [0, 0.1) is 6.92 Å². The summed E-state index contributed by atoms with van der Waals surface area (Å²) in [5.41, 5.74) is 1.74. The molecule has 1 atom stereocenters. The van der Waals surface area contributed by atoms with Gasteiger partial charge in [0.2, 0.25) is 5.91 Å². The van der Waals surface area contributed by atoms with E-state index < -0.39 is 0 Å². The minimum absolute atomic E-state index is 0.0164. The third-order valence-electron chi connectivity index (χ3n) is 5.07. The van der Waals surface area contributed by atoms with Crippen molar-refractivity contribution in [3.8, 4) is 0 Å². The molecule has 2 heterocycles. The number of nitrogens with zero attached hydrogens (tertiary/aromatic N) is 2. The van der Waals surface area contributed by atoms with Crippen molar-refractivity contribution < 1.29 is 14.3 Å². The molecule has 0 radical (unpaired) electrons. The van der Waals surface area contributed by atoms with Gasteiger partial charge in [-0.15, -0.1) is 0 Å². The summed E-state index contributed by atoms with van der Waals surface area (Å²) in [4.78, 5) is 29.2. The van der Waals surface area contributed by atoms with Gasteiger partial charge in [-0.2, -0.15) is 0 Å². The summed E-state index contributed by atoms with van der Waals surface area (Å²) >= 11 is 0. The van der Waals surface area contributed by atoms with Crippen LogP contribution >= 0.6 is 0 Å². The van der Waals surface area contributed by atoms with Gasteiger partial charge in [0, 0.05) is 57.9 Å². The molecule has 0 saturated carbocycles. The molecule has 0 spiro atoms. The predicted octanol–water partition coefficient (Wildman–Crippen LogP) is 1.44. The van der Waals surface area contributed by atoms with Crippen LogP contribution in [0.15, 0.2) is 24.3 Å². The normalized spacial score (nSPS) is 20.2. The van der Waals surface area contributed by atoms with Crippen molar-refractivity contribution in [1.82, 2.24) is 15.1 Å². The molecule has 6 heteroatoms. The molecule has 2 saturated heterocycles. The lowest BCUT2D eigenvalue weighted by Gasteiger charge is -2.30. The number of hydrogen-bond acceptors (Lipinski definition) is 4. The number of carbonyl (C=O) groups excluding carboxylic acids is 2. The Balaban J connectivity index is 1.64. The quantitative estimate of drug-likeness (QED) is 0.835. The summed E-state index contributed by atoms with van der Waals surface area (Å²) in [6.45, 7) is 6.91. The van der Waals surface area contributed by atoms with Gasteiger partial charge in [-0.1, -0.05) is 17.7 Å². The lowest BCUT2D eigenvalue weighted by molar-refractivity contribution is -0.132. The first-order valence-corrected chi connectivity index (χ1v) is 9.59. The topological polar surface area (TPSA) is 61.9 Å². The second kappa shape index (κ2) is 9.14. The molecular formula is C20H29N3O3. The van der Waals surface area contributed by atoms with E-state index >= 15 is 0 Å². The number of piperazine rings is 1. The zero-order chi connectivity index (χ0) is 18.4. The largest absolute Gasteiger partial charge is 0.376 e. The van der Waals surface area contributed by atoms with Crippen molar-refractivity contribution >= 4 is 11.8 Å². The van der Waals surface area contributed by atoms with E-state index in [9.17, 15) is 9.59 Å². The zero-order valence-corrected chi connectivity index (χ0v) is 15.6. The summed E-state index contributed by atoms with van der Waals surface area (Å²) in [6, 6.07) is 7.63. The van der Waals surface area contributed by atoms with Gasteiger partial charge in [-0.05, 0) is 31.9 Å². The Kier molecular flexibility index (Phi) is 6.63. The fourth-order valence-corrected chi connectivity index (χ4v) is 3.57. The first-order valence-electron chi connectivity index (χ1n) is 9.59. The number of nitrogens with one attached hydrogen (secondary N) is 1. The average Bonchev–Trinajstić information content (AvgIpc) is 3.18. The number of amides is 2. The smallest absolute Gasteiger partial charge is 0.253 e. The lowest BCUT2D eigenvalue weighted by Crippen LogP contribution is -2.47. The van der Waals surface area contributed by atoms with Crippen LogP contribution in [-0.2, 0) is 9.53 Å². The maximum absolute atomic E-state index is 13.0. The maximum atomic E-state index is 13.0. The molecule has 0 aromatic heterocycles. The van der Waals surface area contributed by atoms with E-state index in [1.165, 1.54) is 0 Å². The molecule has 1 aromatic rings. The molecule has 0 aliphatic carbocycles. The Bertz CT molecular complexity index is 622. The number of hydrogen-bond donors (Lipinski definition) is 1. The molecule has 3 rings (SSSR count). The molecule has 6 nitrogen and oxygen atoms in total. The van der Waals surface area contributed by atoms with E-state index in [0.29, 0.717) is 25.1 Å². The Morgan fingerprint density at radius 2 is 2.12 bits per heavy atom. The number of rotatable bonds is 6. The molecule has 2 amide bonds. The van der Waals surface area contributed by atoms with E-state index in [0.717, 1.165) is 51.2 Å². The fraction of sp³-hybridized carbons (Fsp3) is 0.600. The van der Waals surface area contributed by atoms with Crippen LogP contribution in [0.5, 0.6) is 0 Å². The lowest BCUT2D eigenvalue weighted by atomic mass is 10.1. The molecular weight excluding hydrogens is 330 g/mol. The number of carbonyl (C=O) groups is 2. The Morgan fingerprint density at radius 1 is 1.31 bits per heavy atom. The predicted molar refractivity (Wildman–Crippen MR) is 100 cm³/mol. The van der Waals surface area contributed by atoms with Gasteiger partial charge in [0.25, 0.3) is 5.91 Å². The van der Waals surface area contributed by atoms with E-state index in [-0.39, 0.29) is 17.9 Å². The molecule has 2 aliphatic rings. The highest BCUT2D eigenvalue weighted by molar-refractivity contribution is 5.94. The average molecular weight is 359 g/mol. The van der Waals surface area contributed by atoms with Crippen molar-refractivity contribution in [1.29, 1.82) is 0 Å². The Hall–Kier alpha value is -1.92. The molecule has 1 aromatic carbocycles. The monoisotopic (exact) mass is 359 g/mol. The molecule has 0 bridgehead atoms. The van der Waals surface area contributed by atoms with Crippen LogP contribution in [0.3, 0.4) is 0 Å². The second-order valence-corrected chi connectivity index (χ2v) is 7.14. The van der Waals surface area contributed by atoms with Gasteiger partial charge in [0.05, 0.1) is 6.10 Å². The molecule has 2 fully saturated rings. The minimum Gasteiger partial charge on any atom is -0.376 e. The van der Waals surface area contributed by atoms with Crippen LogP contribution in [0.1, 0.15) is 35.2 Å². The fourth-order valence-electron chi connectivity index (χ4n) is 3.57. The van der Waals surface area contributed by atoms with Gasteiger partial charge in [-0.3, -0.25) is 9.59 Å². The van der Waals surface area contributed by atoms with E-state index in [2.05, 4.69) is 5.32 Å². The van der Waals surface area contributed by atoms with Crippen molar-refractivity contribution in [3.63, 3.8) is 0 Å². The SMILES string of the molecule is Cc1cccc(C(=O)N(CCC(=O)N2CCNCC2)CC2CCCO2)c1. The zero-order valence-electron chi connectivity index (χ0n) is 15.6. The second-order valence-electron chi connectivity index (χ2n) is 7.14. The third-order valence-corrected chi connectivity index (χ3v) is 5.07. The van der Waals surface area contributed by atoms with Crippen LogP contribution in [0.4, 0.5) is 0 Å². The minimum atomic E-state index is -0.0164. The highest BCUT2D eigenvalue weighted by Gasteiger charge is 2.25. The van der Waals surface area contributed by atoms with Crippen molar-refractivity contribution in [2.24, 2.45) is 0 Å². The van der Waals surface area contributed by atoms with Crippen LogP contribution in [0.25, 0.3) is 0 Å². The molecule has 1 unspecified atom stereocenters. The van der Waals surface area contributed by atoms with Crippen LogP contribution in [-0.4, -0.2) is 73.6 Å². The van der Waals surface area contributed by atoms with E-state index in [1.807, 2.05) is 36.1 Å². The van der Waals surface area contributed by atoms with Gasteiger partial charge < -0.3 is 19.9 Å². The summed E-state index contributed by atoms with van der Waals surface area (Å²) in [5, 5.41) is 3.25. The number of benzene rings is 1. The first kappa shape index (κ1) is 18.9. The highest BCUT2D eigenvalue weighted by Crippen LogP contribution is 2.16. The third kappa shape index (κ3) is 5.05. The van der Waals surface area contributed by atoms with Crippen LogP contribution < -0.4 is 5.32 Å². The molecule has 1 N–H and O–H groups in total. The summed E-state index contributed by atoms with van der Waals surface area (Å²) in [5.74, 6) is 0.109. The number of aryl methyl sites for hydroxylation is 1. The highest BCUT2D eigenvalue weighted by atomic mass is 16.5. The van der Waals surface area contributed by atoms with Crippen molar-refractivity contribution in [3.05, 3.63) is 35.4 Å². The van der Waals surface area contributed by atoms with Gasteiger partial charge in [-0.25, -0.2) is 0 Å². The molecule has 2 aliphatic heterocycles. The Labute approximate surface area is 155 Å². The molecule has 26 heavy (non-hydrogen) atoms. The summed E-state index contributed by atoms with van der Waals surface area (Å²) in [6.07, 6.45) is 2.46. The van der Waals surface area contributed by atoms with Crippen molar-refractivity contribution in [2.45, 2.75) is 32.3 Å². The maximum Gasteiger partial charge on any atom is 0.253 e. The molecule has 142 valence electrons. The van der Waals surface area contributed by atoms with Crippen LogP contribution in [0.2, 0.25) is 0 Å². The summed E-state index contributed by atoms with van der Waals surface area (Å²) < 4.78 is 5.72.